The molecule has 0 bridgehead atoms. The number of hydrogen-bond acceptors (Lipinski definition) is 6. The third-order valence-corrected chi connectivity index (χ3v) is 4.75. The summed E-state index contributed by atoms with van der Waals surface area (Å²) in [5.41, 5.74) is 1.45. The lowest BCUT2D eigenvalue weighted by atomic mass is 9.91. The molecular weight excluding hydrogens is 296 g/mol. The Labute approximate surface area is 133 Å². The van der Waals surface area contributed by atoms with Gasteiger partial charge in [0.05, 0.1) is 18.0 Å². The van der Waals surface area contributed by atoms with Crippen molar-refractivity contribution in [1.29, 1.82) is 0 Å². The minimum absolute atomic E-state index is 0.000352. The molecule has 2 aromatic heterocycles. The highest BCUT2D eigenvalue weighted by molar-refractivity contribution is 5.94. The first kappa shape index (κ1) is 14.3. The van der Waals surface area contributed by atoms with E-state index in [1.54, 1.807) is 19.4 Å². The lowest BCUT2D eigenvalue weighted by Crippen LogP contribution is -2.45. The van der Waals surface area contributed by atoms with Crippen molar-refractivity contribution in [3.8, 4) is 0 Å². The number of amides is 1. The average molecular weight is 314 g/mol. The molecule has 0 N–H and O–H groups in total. The molecule has 23 heavy (non-hydrogen) atoms. The van der Waals surface area contributed by atoms with Crippen LogP contribution in [0.3, 0.4) is 0 Å². The van der Waals surface area contributed by atoms with E-state index in [-0.39, 0.29) is 18.1 Å². The molecule has 2 aliphatic rings. The lowest BCUT2D eigenvalue weighted by Gasteiger charge is -2.33. The predicted molar refractivity (Wildman–Crippen MR) is 79.5 cm³/mol. The van der Waals surface area contributed by atoms with Crippen molar-refractivity contribution in [2.75, 3.05) is 13.1 Å². The Balaban J connectivity index is 1.46. The zero-order valence-corrected chi connectivity index (χ0v) is 12.9. The summed E-state index contributed by atoms with van der Waals surface area (Å²) in [5.74, 6) is 1.00. The van der Waals surface area contributed by atoms with Crippen LogP contribution in [0, 0.1) is 12.8 Å². The van der Waals surface area contributed by atoms with Crippen LogP contribution in [-0.2, 0) is 4.74 Å². The summed E-state index contributed by atoms with van der Waals surface area (Å²) < 4.78 is 11.2. The molecule has 1 amide bonds. The summed E-state index contributed by atoms with van der Waals surface area (Å²) in [6.45, 7) is 3.10. The van der Waals surface area contributed by atoms with Gasteiger partial charge in [0.15, 0.2) is 0 Å². The molecule has 7 heteroatoms. The van der Waals surface area contributed by atoms with Crippen LogP contribution in [0.4, 0.5) is 0 Å². The minimum atomic E-state index is -0.0312. The normalized spacial score (nSPS) is 27.0. The Hall–Kier alpha value is -2.28. The summed E-state index contributed by atoms with van der Waals surface area (Å²) >= 11 is 0. The molecule has 7 nitrogen and oxygen atoms in total. The Kier molecular flexibility index (Phi) is 3.57. The molecule has 0 radical (unpaired) electrons. The van der Waals surface area contributed by atoms with Gasteiger partial charge in [0, 0.05) is 19.3 Å². The van der Waals surface area contributed by atoms with Crippen LogP contribution >= 0.6 is 0 Å². The summed E-state index contributed by atoms with van der Waals surface area (Å²) in [6, 6.07) is 1.89. The molecule has 2 saturated heterocycles. The van der Waals surface area contributed by atoms with E-state index < -0.39 is 0 Å². The fraction of sp³-hybridized carbons (Fsp3) is 0.500. The second-order valence-corrected chi connectivity index (χ2v) is 6.13. The molecule has 2 aliphatic heterocycles. The van der Waals surface area contributed by atoms with Gasteiger partial charge >= 0.3 is 0 Å². The van der Waals surface area contributed by atoms with Crippen LogP contribution in [0.2, 0.25) is 0 Å². The number of hydrogen-bond donors (Lipinski definition) is 0. The van der Waals surface area contributed by atoms with Crippen LogP contribution < -0.4 is 0 Å². The molecule has 120 valence electrons. The number of fused-ring (bicyclic) bond motifs is 1. The highest BCUT2D eigenvalue weighted by atomic mass is 16.5. The van der Waals surface area contributed by atoms with E-state index in [2.05, 4.69) is 15.1 Å². The van der Waals surface area contributed by atoms with Crippen LogP contribution in [0.25, 0.3) is 0 Å². The van der Waals surface area contributed by atoms with Crippen molar-refractivity contribution >= 4 is 5.91 Å². The van der Waals surface area contributed by atoms with Gasteiger partial charge in [-0.3, -0.25) is 4.79 Å². The summed E-state index contributed by atoms with van der Waals surface area (Å²) in [6.07, 6.45) is 6.73. The number of piperidine rings is 1. The highest BCUT2D eigenvalue weighted by Crippen LogP contribution is 2.40. The smallest absolute Gasteiger partial charge is 0.259 e. The Bertz CT molecular complexity index is 702. The Morgan fingerprint density at radius 2 is 2.35 bits per heavy atom. The zero-order chi connectivity index (χ0) is 15.8. The van der Waals surface area contributed by atoms with E-state index in [1.165, 1.54) is 6.20 Å². The van der Waals surface area contributed by atoms with Crippen molar-refractivity contribution in [2.24, 2.45) is 5.92 Å². The van der Waals surface area contributed by atoms with Gasteiger partial charge in [-0.2, -0.15) is 0 Å². The summed E-state index contributed by atoms with van der Waals surface area (Å²) in [7, 11) is 0. The number of nitrogens with zero attached hydrogens (tertiary/aromatic N) is 4. The number of rotatable bonds is 2. The van der Waals surface area contributed by atoms with Gasteiger partial charge in [0.25, 0.3) is 5.91 Å². The molecule has 3 atom stereocenters. The molecular formula is C16H18N4O3. The second-order valence-electron chi connectivity index (χ2n) is 6.13. The number of carbonyl (C=O) groups is 1. The van der Waals surface area contributed by atoms with Crippen molar-refractivity contribution in [3.63, 3.8) is 0 Å². The first-order valence-electron chi connectivity index (χ1n) is 7.84. The number of carbonyl (C=O) groups excluding carboxylic acids is 1. The molecule has 0 spiro atoms. The van der Waals surface area contributed by atoms with Gasteiger partial charge < -0.3 is 14.2 Å². The van der Waals surface area contributed by atoms with Crippen molar-refractivity contribution in [2.45, 2.75) is 32.0 Å². The van der Waals surface area contributed by atoms with Crippen LogP contribution in [-0.4, -0.2) is 45.1 Å². The van der Waals surface area contributed by atoms with Gasteiger partial charge in [-0.25, -0.2) is 9.97 Å². The SMILES string of the molecule is Cc1oncc1C(=O)N1CC[C@H]2C[C@H](c3ccncn3)O[C@H]2C1. The molecule has 0 aromatic carbocycles. The van der Waals surface area contributed by atoms with Crippen molar-refractivity contribution in [1.82, 2.24) is 20.0 Å². The number of aryl methyl sites for hydroxylation is 1. The van der Waals surface area contributed by atoms with Gasteiger partial charge in [-0.15, -0.1) is 0 Å². The largest absolute Gasteiger partial charge is 0.367 e. The monoisotopic (exact) mass is 314 g/mol. The van der Waals surface area contributed by atoms with Crippen molar-refractivity contribution < 1.29 is 14.1 Å². The minimum Gasteiger partial charge on any atom is -0.367 e. The number of ether oxygens (including phenoxy) is 1. The van der Waals surface area contributed by atoms with E-state index in [4.69, 9.17) is 9.26 Å². The molecule has 2 fully saturated rings. The molecule has 4 rings (SSSR count). The van der Waals surface area contributed by atoms with Crippen LogP contribution in [0.1, 0.15) is 40.8 Å². The quantitative estimate of drug-likeness (QED) is 0.840. The number of likely N-dealkylation sites (tertiary alicyclic amines) is 1. The van der Waals surface area contributed by atoms with E-state index in [0.29, 0.717) is 23.8 Å². The lowest BCUT2D eigenvalue weighted by molar-refractivity contribution is -0.00569. The first-order chi connectivity index (χ1) is 11.2. The maximum Gasteiger partial charge on any atom is 0.259 e. The predicted octanol–water partition coefficient (Wildman–Crippen LogP) is 1.77. The summed E-state index contributed by atoms with van der Waals surface area (Å²) in [5, 5.41) is 3.69. The van der Waals surface area contributed by atoms with E-state index in [1.807, 2.05) is 11.0 Å². The van der Waals surface area contributed by atoms with Gasteiger partial charge in [0.1, 0.15) is 23.8 Å². The third kappa shape index (κ3) is 2.61. The van der Waals surface area contributed by atoms with E-state index in [9.17, 15) is 4.79 Å². The van der Waals surface area contributed by atoms with E-state index in [0.717, 1.165) is 25.1 Å². The van der Waals surface area contributed by atoms with Crippen molar-refractivity contribution in [3.05, 3.63) is 41.8 Å². The van der Waals surface area contributed by atoms with Gasteiger partial charge in [-0.1, -0.05) is 5.16 Å². The maximum atomic E-state index is 12.6. The fourth-order valence-corrected chi connectivity index (χ4v) is 3.47. The zero-order valence-electron chi connectivity index (χ0n) is 12.9. The van der Waals surface area contributed by atoms with Crippen LogP contribution in [0.5, 0.6) is 0 Å². The summed E-state index contributed by atoms with van der Waals surface area (Å²) in [4.78, 5) is 22.6. The molecule has 4 heterocycles. The number of aromatic nitrogens is 3. The maximum absolute atomic E-state index is 12.6. The first-order valence-corrected chi connectivity index (χ1v) is 7.84. The standard InChI is InChI=1S/C16H18N4O3/c1-10-12(7-19-23-10)16(21)20-5-3-11-6-14(22-15(11)8-20)13-2-4-17-9-18-13/h2,4,7,9,11,14-15H,3,5-6,8H2,1H3/t11-,14+,15-/m0/s1. The molecule has 2 aromatic rings. The molecule has 0 saturated carbocycles. The Morgan fingerprint density at radius 3 is 3.09 bits per heavy atom. The topological polar surface area (TPSA) is 81.4 Å². The Morgan fingerprint density at radius 1 is 1.43 bits per heavy atom. The van der Waals surface area contributed by atoms with Gasteiger partial charge in [0.2, 0.25) is 0 Å². The van der Waals surface area contributed by atoms with Gasteiger partial charge in [-0.05, 0) is 31.7 Å². The molecule has 0 unspecified atom stereocenters. The fourth-order valence-electron chi connectivity index (χ4n) is 3.47. The highest BCUT2D eigenvalue weighted by Gasteiger charge is 2.41. The molecule has 0 aliphatic carbocycles. The van der Waals surface area contributed by atoms with E-state index >= 15 is 0 Å². The second kappa shape index (κ2) is 5.73. The average Bonchev–Trinajstić information content (AvgIpc) is 3.20. The van der Waals surface area contributed by atoms with Crippen LogP contribution in [0.15, 0.2) is 29.3 Å². The third-order valence-electron chi connectivity index (χ3n) is 4.75.